The van der Waals surface area contributed by atoms with Gasteiger partial charge in [-0.25, -0.2) is 9.97 Å². The van der Waals surface area contributed by atoms with Gasteiger partial charge in [0.15, 0.2) is 0 Å². The van der Waals surface area contributed by atoms with Crippen molar-refractivity contribution in [1.82, 2.24) is 9.97 Å². The van der Waals surface area contributed by atoms with Gasteiger partial charge in [0.1, 0.15) is 16.6 Å². The average Bonchev–Trinajstić information content (AvgIpc) is 2.30. The van der Waals surface area contributed by atoms with E-state index in [-0.39, 0.29) is 6.10 Å². The molecule has 1 atom stereocenters. The average molecular weight is 288 g/mol. The highest BCUT2D eigenvalue weighted by atomic mass is 79.9. The van der Waals surface area contributed by atoms with Crippen molar-refractivity contribution < 1.29 is 4.74 Å². The first kappa shape index (κ1) is 13.2. The lowest BCUT2D eigenvalue weighted by atomic mass is 10.3. The second-order valence-electron chi connectivity index (χ2n) is 3.60. The number of anilines is 1. The van der Waals surface area contributed by atoms with E-state index in [1.807, 2.05) is 6.92 Å². The van der Waals surface area contributed by atoms with Crippen molar-refractivity contribution in [3.05, 3.63) is 10.8 Å². The molecule has 0 saturated carbocycles. The molecular formula is C11H18BrN3O. The minimum absolute atomic E-state index is 0.158. The molecule has 1 N–H and O–H groups in total. The molecule has 1 heterocycles. The minimum atomic E-state index is 0.158. The van der Waals surface area contributed by atoms with Gasteiger partial charge in [0.2, 0.25) is 5.88 Å². The van der Waals surface area contributed by atoms with Crippen LogP contribution >= 0.6 is 15.9 Å². The van der Waals surface area contributed by atoms with Gasteiger partial charge in [0.05, 0.1) is 6.10 Å². The van der Waals surface area contributed by atoms with E-state index in [1.54, 1.807) is 0 Å². The van der Waals surface area contributed by atoms with Gasteiger partial charge in [-0.3, -0.25) is 0 Å². The molecule has 90 valence electrons. The Bertz CT molecular complexity index is 333. The molecule has 0 spiro atoms. The predicted octanol–water partition coefficient (Wildman–Crippen LogP) is 3.24. The maximum Gasteiger partial charge on any atom is 0.233 e. The highest BCUT2D eigenvalue weighted by molar-refractivity contribution is 9.10. The first-order chi connectivity index (χ1) is 7.69. The molecule has 4 nitrogen and oxygen atoms in total. The second-order valence-corrected chi connectivity index (χ2v) is 4.40. The molecule has 0 amide bonds. The zero-order valence-corrected chi connectivity index (χ0v) is 11.5. The van der Waals surface area contributed by atoms with Crippen LogP contribution in [0.1, 0.15) is 33.6 Å². The molecule has 0 aliphatic carbocycles. The SMILES string of the molecule is CCCNc1ncnc(OC(C)CC)c1Br. The Morgan fingerprint density at radius 2 is 2.19 bits per heavy atom. The summed E-state index contributed by atoms with van der Waals surface area (Å²) in [7, 11) is 0. The molecule has 0 aliphatic heterocycles. The van der Waals surface area contributed by atoms with Gasteiger partial charge in [0, 0.05) is 6.54 Å². The summed E-state index contributed by atoms with van der Waals surface area (Å²) in [6, 6.07) is 0. The van der Waals surface area contributed by atoms with E-state index in [0.29, 0.717) is 5.88 Å². The zero-order valence-electron chi connectivity index (χ0n) is 9.96. The number of hydrogen-bond acceptors (Lipinski definition) is 4. The molecule has 1 aromatic rings. The van der Waals surface area contributed by atoms with Crippen LogP contribution in [0, 0.1) is 0 Å². The van der Waals surface area contributed by atoms with E-state index < -0.39 is 0 Å². The van der Waals surface area contributed by atoms with Crippen molar-refractivity contribution in [3.8, 4) is 5.88 Å². The zero-order chi connectivity index (χ0) is 12.0. The summed E-state index contributed by atoms with van der Waals surface area (Å²) in [6.07, 6.45) is 3.68. The molecular weight excluding hydrogens is 270 g/mol. The van der Waals surface area contributed by atoms with Crippen LogP contribution in [0.25, 0.3) is 0 Å². The molecule has 16 heavy (non-hydrogen) atoms. The van der Waals surface area contributed by atoms with Crippen LogP contribution in [-0.2, 0) is 0 Å². The summed E-state index contributed by atoms with van der Waals surface area (Å²) in [4.78, 5) is 8.28. The number of halogens is 1. The van der Waals surface area contributed by atoms with Crippen LogP contribution in [0.15, 0.2) is 10.8 Å². The number of hydrogen-bond donors (Lipinski definition) is 1. The molecule has 0 radical (unpaired) electrons. The summed E-state index contributed by atoms with van der Waals surface area (Å²) in [6.45, 7) is 7.10. The fourth-order valence-corrected chi connectivity index (χ4v) is 1.51. The third-order valence-corrected chi connectivity index (χ3v) is 2.90. The Hall–Kier alpha value is -0.840. The number of nitrogens with one attached hydrogen (secondary N) is 1. The third kappa shape index (κ3) is 3.63. The lowest BCUT2D eigenvalue weighted by Gasteiger charge is -2.14. The van der Waals surface area contributed by atoms with Gasteiger partial charge in [0.25, 0.3) is 0 Å². The highest BCUT2D eigenvalue weighted by Crippen LogP contribution is 2.29. The lowest BCUT2D eigenvalue weighted by Crippen LogP contribution is -2.12. The molecule has 5 heteroatoms. The van der Waals surface area contributed by atoms with E-state index in [0.717, 1.165) is 29.7 Å². The summed E-state index contributed by atoms with van der Waals surface area (Å²) in [5.41, 5.74) is 0. The van der Waals surface area contributed by atoms with E-state index in [1.165, 1.54) is 6.33 Å². The molecule has 1 aromatic heterocycles. The Morgan fingerprint density at radius 1 is 1.44 bits per heavy atom. The Morgan fingerprint density at radius 3 is 2.81 bits per heavy atom. The van der Waals surface area contributed by atoms with E-state index >= 15 is 0 Å². The van der Waals surface area contributed by atoms with Crippen molar-refractivity contribution in [1.29, 1.82) is 0 Å². The molecule has 0 saturated heterocycles. The molecule has 1 rings (SSSR count). The maximum absolute atomic E-state index is 5.68. The summed E-state index contributed by atoms with van der Waals surface area (Å²) >= 11 is 3.46. The lowest BCUT2D eigenvalue weighted by molar-refractivity contribution is 0.207. The Balaban J connectivity index is 2.77. The topological polar surface area (TPSA) is 47.0 Å². The fraction of sp³-hybridized carbons (Fsp3) is 0.636. The first-order valence-electron chi connectivity index (χ1n) is 5.60. The van der Waals surface area contributed by atoms with Gasteiger partial charge in [-0.15, -0.1) is 0 Å². The molecule has 0 aliphatic rings. The van der Waals surface area contributed by atoms with Crippen LogP contribution in [-0.4, -0.2) is 22.6 Å². The second kappa shape index (κ2) is 6.68. The molecule has 0 fully saturated rings. The smallest absolute Gasteiger partial charge is 0.233 e. The highest BCUT2D eigenvalue weighted by Gasteiger charge is 2.11. The number of rotatable bonds is 6. The summed E-state index contributed by atoms with van der Waals surface area (Å²) in [5.74, 6) is 1.39. The van der Waals surface area contributed by atoms with E-state index in [4.69, 9.17) is 4.74 Å². The van der Waals surface area contributed by atoms with Crippen LogP contribution < -0.4 is 10.1 Å². The summed E-state index contributed by atoms with van der Waals surface area (Å²) in [5, 5.41) is 3.22. The van der Waals surface area contributed by atoms with Gasteiger partial charge in [-0.2, -0.15) is 0 Å². The Kier molecular flexibility index (Phi) is 5.52. The number of ether oxygens (including phenoxy) is 1. The minimum Gasteiger partial charge on any atom is -0.474 e. The maximum atomic E-state index is 5.68. The third-order valence-electron chi connectivity index (χ3n) is 2.19. The van der Waals surface area contributed by atoms with Crippen molar-refractivity contribution in [2.24, 2.45) is 0 Å². The largest absolute Gasteiger partial charge is 0.474 e. The van der Waals surface area contributed by atoms with Crippen LogP contribution in [0.5, 0.6) is 5.88 Å². The van der Waals surface area contributed by atoms with E-state index in [2.05, 4.69) is 45.1 Å². The predicted molar refractivity (Wildman–Crippen MR) is 68.9 cm³/mol. The fourth-order valence-electron chi connectivity index (χ4n) is 1.08. The quantitative estimate of drug-likeness (QED) is 0.873. The van der Waals surface area contributed by atoms with Gasteiger partial charge in [-0.1, -0.05) is 13.8 Å². The van der Waals surface area contributed by atoms with Crippen LogP contribution in [0.4, 0.5) is 5.82 Å². The van der Waals surface area contributed by atoms with Gasteiger partial charge < -0.3 is 10.1 Å². The monoisotopic (exact) mass is 287 g/mol. The van der Waals surface area contributed by atoms with Crippen molar-refractivity contribution >= 4 is 21.7 Å². The van der Waals surface area contributed by atoms with Crippen LogP contribution in [0.3, 0.4) is 0 Å². The molecule has 0 aromatic carbocycles. The van der Waals surface area contributed by atoms with Gasteiger partial charge in [-0.05, 0) is 35.7 Å². The molecule has 1 unspecified atom stereocenters. The standard InChI is InChI=1S/C11H18BrN3O/c1-4-6-13-10-9(12)11(15-7-14-10)16-8(3)5-2/h7-8H,4-6H2,1-3H3,(H,13,14,15). The summed E-state index contributed by atoms with van der Waals surface area (Å²) < 4.78 is 6.47. The number of nitrogens with zero attached hydrogens (tertiary/aromatic N) is 2. The Labute approximate surface area is 105 Å². The van der Waals surface area contributed by atoms with Gasteiger partial charge >= 0.3 is 0 Å². The van der Waals surface area contributed by atoms with Crippen molar-refractivity contribution in [2.45, 2.75) is 39.7 Å². The van der Waals surface area contributed by atoms with Crippen molar-refractivity contribution in [3.63, 3.8) is 0 Å². The van der Waals surface area contributed by atoms with E-state index in [9.17, 15) is 0 Å². The first-order valence-corrected chi connectivity index (χ1v) is 6.39. The number of aromatic nitrogens is 2. The normalized spacial score (nSPS) is 12.2. The van der Waals surface area contributed by atoms with Crippen LogP contribution in [0.2, 0.25) is 0 Å². The van der Waals surface area contributed by atoms with Crippen molar-refractivity contribution in [2.75, 3.05) is 11.9 Å². The molecule has 0 bridgehead atoms.